The SMILES string of the molecule is COc1cc([C@@H](CCCO)N2CCNCC2)ccc1F. The van der Waals surface area contributed by atoms with Gasteiger partial charge in [0.15, 0.2) is 11.6 Å². The van der Waals surface area contributed by atoms with Crippen LogP contribution in [0.4, 0.5) is 4.39 Å². The number of nitrogens with one attached hydrogen (secondary N) is 1. The van der Waals surface area contributed by atoms with Crippen molar-refractivity contribution in [2.45, 2.75) is 18.9 Å². The molecule has 1 atom stereocenters. The van der Waals surface area contributed by atoms with Gasteiger partial charge in [-0.3, -0.25) is 4.90 Å². The van der Waals surface area contributed by atoms with Crippen molar-refractivity contribution in [3.8, 4) is 5.75 Å². The highest BCUT2D eigenvalue weighted by Gasteiger charge is 2.22. The monoisotopic (exact) mass is 282 g/mol. The second-order valence-corrected chi connectivity index (χ2v) is 5.06. The zero-order chi connectivity index (χ0) is 14.4. The third-order valence-corrected chi connectivity index (χ3v) is 3.79. The normalized spacial score (nSPS) is 17.9. The number of benzene rings is 1. The minimum Gasteiger partial charge on any atom is -0.494 e. The summed E-state index contributed by atoms with van der Waals surface area (Å²) in [5, 5.41) is 12.4. The number of nitrogens with zero attached hydrogens (tertiary/aromatic N) is 1. The smallest absolute Gasteiger partial charge is 0.165 e. The summed E-state index contributed by atoms with van der Waals surface area (Å²) in [7, 11) is 1.48. The number of halogens is 1. The van der Waals surface area contributed by atoms with Crippen molar-refractivity contribution in [3.05, 3.63) is 29.6 Å². The maximum atomic E-state index is 13.5. The molecular weight excluding hydrogens is 259 g/mol. The molecule has 2 N–H and O–H groups in total. The van der Waals surface area contributed by atoms with Crippen LogP contribution in [0.3, 0.4) is 0 Å². The fourth-order valence-corrected chi connectivity index (χ4v) is 2.72. The second kappa shape index (κ2) is 7.57. The number of ether oxygens (including phenoxy) is 1. The first-order valence-corrected chi connectivity index (χ1v) is 7.15. The minimum atomic E-state index is -0.336. The van der Waals surface area contributed by atoms with Crippen molar-refractivity contribution < 1.29 is 14.2 Å². The van der Waals surface area contributed by atoms with Crippen LogP contribution in [0.25, 0.3) is 0 Å². The van der Waals surface area contributed by atoms with Crippen LogP contribution < -0.4 is 10.1 Å². The highest BCUT2D eigenvalue weighted by Crippen LogP contribution is 2.29. The zero-order valence-corrected chi connectivity index (χ0v) is 11.9. The summed E-state index contributed by atoms with van der Waals surface area (Å²) >= 11 is 0. The molecule has 20 heavy (non-hydrogen) atoms. The molecular formula is C15H23FN2O2. The highest BCUT2D eigenvalue weighted by molar-refractivity contribution is 5.32. The van der Waals surface area contributed by atoms with E-state index in [4.69, 9.17) is 9.84 Å². The summed E-state index contributed by atoms with van der Waals surface area (Å²) in [6, 6.07) is 5.27. The van der Waals surface area contributed by atoms with E-state index in [0.29, 0.717) is 0 Å². The Morgan fingerprint density at radius 1 is 1.40 bits per heavy atom. The van der Waals surface area contributed by atoms with Crippen molar-refractivity contribution in [2.75, 3.05) is 39.9 Å². The Kier molecular flexibility index (Phi) is 5.76. The van der Waals surface area contributed by atoms with Crippen LogP contribution in [0.1, 0.15) is 24.4 Å². The molecule has 0 aromatic heterocycles. The number of hydrogen-bond donors (Lipinski definition) is 2. The number of hydrogen-bond acceptors (Lipinski definition) is 4. The van der Waals surface area contributed by atoms with E-state index in [9.17, 15) is 4.39 Å². The third-order valence-electron chi connectivity index (χ3n) is 3.79. The van der Waals surface area contributed by atoms with E-state index in [1.54, 1.807) is 6.07 Å². The summed E-state index contributed by atoms with van der Waals surface area (Å²) in [4.78, 5) is 2.39. The fraction of sp³-hybridized carbons (Fsp3) is 0.600. The Balaban J connectivity index is 2.20. The molecule has 0 radical (unpaired) electrons. The van der Waals surface area contributed by atoms with Gasteiger partial charge >= 0.3 is 0 Å². The van der Waals surface area contributed by atoms with Gasteiger partial charge in [0.2, 0.25) is 0 Å². The fourth-order valence-electron chi connectivity index (χ4n) is 2.72. The van der Waals surface area contributed by atoms with Gasteiger partial charge in [-0.25, -0.2) is 4.39 Å². The molecule has 112 valence electrons. The molecule has 1 heterocycles. The van der Waals surface area contributed by atoms with E-state index in [2.05, 4.69) is 10.2 Å². The summed E-state index contributed by atoms with van der Waals surface area (Å²) in [5.41, 5.74) is 1.05. The lowest BCUT2D eigenvalue weighted by atomic mass is 9.99. The Hall–Kier alpha value is -1.17. The Bertz CT molecular complexity index is 422. The van der Waals surface area contributed by atoms with E-state index < -0.39 is 0 Å². The van der Waals surface area contributed by atoms with Crippen LogP contribution in [0.15, 0.2) is 18.2 Å². The molecule has 0 bridgehead atoms. The molecule has 0 spiro atoms. The molecule has 0 amide bonds. The minimum absolute atomic E-state index is 0.181. The predicted octanol–water partition coefficient (Wildman–Crippen LogP) is 1.55. The zero-order valence-electron chi connectivity index (χ0n) is 11.9. The molecule has 2 rings (SSSR count). The first kappa shape index (κ1) is 15.2. The summed E-state index contributed by atoms with van der Waals surface area (Å²) < 4.78 is 18.6. The first-order chi connectivity index (χ1) is 9.76. The lowest BCUT2D eigenvalue weighted by Crippen LogP contribution is -2.45. The molecule has 1 aromatic rings. The average Bonchev–Trinajstić information content (AvgIpc) is 2.50. The van der Waals surface area contributed by atoms with E-state index >= 15 is 0 Å². The topological polar surface area (TPSA) is 44.7 Å². The van der Waals surface area contributed by atoms with Crippen molar-refractivity contribution in [1.82, 2.24) is 10.2 Å². The van der Waals surface area contributed by atoms with E-state index in [1.807, 2.05) is 6.07 Å². The van der Waals surface area contributed by atoms with Gasteiger partial charge in [-0.1, -0.05) is 6.07 Å². The molecule has 1 saturated heterocycles. The van der Waals surface area contributed by atoms with Gasteiger partial charge in [0, 0.05) is 38.8 Å². The Labute approximate surface area is 119 Å². The number of aliphatic hydroxyl groups excluding tert-OH is 1. The average molecular weight is 282 g/mol. The molecule has 1 aliphatic rings. The summed E-state index contributed by atoms with van der Waals surface area (Å²) in [6.45, 7) is 4.05. The van der Waals surface area contributed by atoms with Gasteiger partial charge in [0.05, 0.1) is 7.11 Å². The molecule has 1 aliphatic heterocycles. The number of rotatable bonds is 6. The van der Waals surface area contributed by atoms with Crippen molar-refractivity contribution in [3.63, 3.8) is 0 Å². The van der Waals surface area contributed by atoms with Crippen LogP contribution in [-0.4, -0.2) is 49.9 Å². The van der Waals surface area contributed by atoms with Gasteiger partial charge in [-0.05, 0) is 30.5 Å². The lowest BCUT2D eigenvalue weighted by Gasteiger charge is -2.35. The maximum absolute atomic E-state index is 13.5. The predicted molar refractivity (Wildman–Crippen MR) is 76.5 cm³/mol. The second-order valence-electron chi connectivity index (χ2n) is 5.06. The van der Waals surface area contributed by atoms with Crippen molar-refractivity contribution in [1.29, 1.82) is 0 Å². The van der Waals surface area contributed by atoms with Crippen LogP contribution in [0.5, 0.6) is 5.75 Å². The first-order valence-electron chi connectivity index (χ1n) is 7.15. The third kappa shape index (κ3) is 3.69. The number of methoxy groups -OCH3 is 1. The Morgan fingerprint density at radius 3 is 2.80 bits per heavy atom. The van der Waals surface area contributed by atoms with Gasteiger partial charge in [0.1, 0.15) is 0 Å². The molecule has 0 saturated carbocycles. The Morgan fingerprint density at radius 2 is 2.15 bits per heavy atom. The van der Waals surface area contributed by atoms with E-state index in [1.165, 1.54) is 13.2 Å². The van der Waals surface area contributed by atoms with Gasteiger partial charge in [-0.15, -0.1) is 0 Å². The summed E-state index contributed by atoms with van der Waals surface area (Å²) in [6.07, 6.45) is 1.61. The largest absolute Gasteiger partial charge is 0.494 e. The molecule has 0 aliphatic carbocycles. The van der Waals surface area contributed by atoms with Gasteiger partial charge in [-0.2, -0.15) is 0 Å². The van der Waals surface area contributed by atoms with Crippen LogP contribution in [-0.2, 0) is 0 Å². The molecule has 4 nitrogen and oxygen atoms in total. The highest BCUT2D eigenvalue weighted by atomic mass is 19.1. The molecule has 1 fully saturated rings. The van der Waals surface area contributed by atoms with E-state index in [-0.39, 0.29) is 24.2 Å². The quantitative estimate of drug-likeness (QED) is 0.831. The lowest BCUT2D eigenvalue weighted by molar-refractivity contribution is 0.154. The number of piperazine rings is 1. The molecule has 1 aromatic carbocycles. The molecule has 0 unspecified atom stereocenters. The van der Waals surface area contributed by atoms with Crippen molar-refractivity contribution in [2.24, 2.45) is 0 Å². The van der Waals surface area contributed by atoms with Crippen molar-refractivity contribution >= 4 is 0 Å². The van der Waals surface area contributed by atoms with Gasteiger partial charge < -0.3 is 15.2 Å². The standard InChI is InChI=1S/C15H23FN2O2/c1-20-15-11-12(4-5-13(15)16)14(3-2-10-19)18-8-6-17-7-9-18/h4-5,11,14,17,19H,2-3,6-10H2,1H3/t14-/m1/s1. The van der Waals surface area contributed by atoms with Crippen LogP contribution in [0.2, 0.25) is 0 Å². The van der Waals surface area contributed by atoms with Crippen LogP contribution in [0, 0.1) is 5.82 Å². The van der Waals surface area contributed by atoms with Gasteiger partial charge in [0.25, 0.3) is 0 Å². The van der Waals surface area contributed by atoms with Crippen LogP contribution >= 0.6 is 0 Å². The number of aliphatic hydroxyl groups is 1. The maximum Gasteiger partial charge on any atom is 0.165 e. The summed E-state index contributed by atoms with van der Waals surface area (Å²) in [5.74, 6) is -0.0518. The molecule has 5 heteroatoms. The van der Waals surface area contributed by atoms with E-state index in [0.717, 1.165) is 44.6 Å².